The summed E-state index contributed by atoms with van der Waals surface area (Å²) in [5.74, 6) is 0.0604. The highest BCUT2D eigenvalue weighted by Crippen LogP contribution is 2.11. The van der Waals surface area contributed by atoms with E-state index in [0.29, 0.717) is 18.7 Å². The molecule has 0 unspecified atom stereocenters. The maximum absolute atomic E-state index is 12.3. The molecule has 0 aliphatic carbocycles. The summed E-state index contributed by atoms with van der Waals surface area (Å²) in [5, 5.41) is 2.92. The molecule has 2 N–H and O–H groups in total. The summed E-state index contributed by atoms with van der Waals surface area (Å²) < 4.78 is 27.0. The van der Waals surface area contributed by atoms with Gasteiger partial charge in [0, 0.05) is 44.8 Å². The molecule has 1 aromatic rings. The summed E-state index contributed by atoms with van der Waals surface area (Å²) in [7, 11) is -3.53. The van der Waals surface area contributed by atoms with Crippen molar-refractivity contribution in [3.63, 3.8) is 0 Å². The van der Waals surface area contributed by atoms with Crippen LogP contribution in [0, 0.1) is 5.92 Å². The summed E-state index contributed by atoms with van der Waals surface area (Å²) in [6.45, 7) is 13.6. The quantitative estimate of drug-likeness (QED) is 0.570. The smallest absolute Gasteiger partial charge is 0.251 e. The first-order valence-corrected chi connectivity index (χ1v) is 11.6. The Labute approximate surface area is 169 Å². The average molecular weight is 411 g/mol. The zero-order valence-electron chi connectivity index (χ0n) is 17.3. The Kier molecular flexibility index (Phi) is 8.88. The molecule has 1 aliphatic rings. The summed E-state index contributed by atoms with van der Waals surface area (Å²) in [4.78, 5) is 17.3. The van der Waals surface area contributed by atoms with Crippen molar-refractivity contribution in [3.05, 3.63) is 29.8 Å². The maximum atomic E-state index is 12.3. The lowest BCUT2D eigenvalue weighted by atomic mass is 10.2. The monoisotopic (exact) mass is 410 g/mol. The highest BCUT2D eigenvalue weighted by atomic mass is 32.2. The van der Waals surface area contributed by atoms with Gasteiger partial charge in [-0.2, -0.15) is 0 Å². The number of carbonyl (C=O) groups is 1. The van der Waals surface area contributed by atoms with Crippen LogP contribution in [0.25, 0.3) is 0 Å². The van der Waals surface area contributed by atoms with Crippen LogP contribution in [-0.2, 0) is 10.0 Å². The van der Waals surface area contributed by atoms with E-state index in [1.807, 2.05) is 13.8 Å². The SMILES string of the molecule is CCN1CCN(CCCNC(=O)c2ccc(S(=O)(=O)NCC(C)C)cc2)CC1. The van der Waals surface area contributed by atoms with E-state index < -0.39 is 10.0 Å². The van der Waals surface area contributed by atoms with Gasteiger partial charge in [-0.3, -0.25) is 4.79 Å². The predicted octanol–water partition coefficient (Wildman–Crippen LogP) is 1.38. The van der Waals surface area contributed by atoms with Crippen molar-refractivity contribution < 1.29 is 13.2 Å². The second-order valence-corrected chi connectivity index (χ2v) is 9.42. The number of sulfonamides is 1. The molecule has 1 saturated heterocycles. The van der Waals surface area contributed by atoms with Crippen molar-refractivity contribution in [2.45, 2.75) is 32.1 Å². The number of carbonyl (C=O) groups excluding carboxylic acids is 1. The molecule has 1 fully saturated rings. The van der Waals surface area contributed by atoms with E-state index in [4.69, 9.17) is 0 Å². The molecule has 0 atom stereocenters. The van der Waals surface area contributed by atoms with Crippen LogP contribution in [0.3, 0.4) is 0 Å². The number of nitrogens with zero attached hydrogens (tertiary/aromatic N) is 2. The molecule has 1 aliphatic heterocycles. The summed E-state index contributed by atoms with van der Waals surface area (Å²) in [6.07, 6.45) is 0.906. The Hall–Kier alpha value is -1.48. The van der Waals surface area contributed by atoms with E-state index >= 15 is 0 Å². The molecule has 28 heavy (non-hydrogen) atoms. The number of amides is 1. The van der Waals surface area contributed by atoms with Gasteiger partial charge in [-0.25, -0.2) is 13.1 Å². The van der Waals surface area contributed by atoms with Crippen LogP contribution in [-0.4, -0.2) is 76.5 Å². The van der Waals surface area contributed by atoms with Crippen LogP contribution in [0.1, 0.15) is 37.6 Å². The highest BCUT2D eigenvalue weighted by molar-refractivity contribution is 7.89. The van der Waals surface area contributed by atoms with Gasteiger partial charge in [-0.05, 0) is 49.7 Å². The lowest BCUT2D eigenvalue weighted by Crippen LogP contribution is -2.46. The highest BCUT2D eigenvalue weighted by Gasteiger charge is 2.16. The standard InChI is InChI=1S/C20H34N4O3S/c1-4-23-12-14-24(15-13-23)11-5-10-21-20(25)18-6-8-19(9-7-18)28(26,27)22-16-17(2)3/h6-9,17,22H,4-5,10-16H2,1-3H3,(H,21,25). The molecule has 0 radical (unpaired) electrons. The fraction of sp³-hybridized carbons (Fsp3) is 0.650. The van der Waals surface area contributed by atoms with Crippen LogP contribution >= 0.6 is 0 Å². The minimum atomic E-state index is -3.53. The molecule has 158 valence electrons. The van der Waals surface area contributed by atoms with Gasteiger partial charge in [-0.1, -0.05) is 20.8 Å². The second-order valence-electron chi connectivity index (χ2n) is 7.66. The third-order valence-electron chi connectivity index (χ3n) is 4.96. The van der Waals surface area contributed by atoms with Crippen molar-refractivity contribution >= 4 is 15.9 Å². The van der Waals surface area contributed by atoms with Crippen molar-refractivity contribution in [3.8, 4) is 0 Å². The van der Waals surface area contributed by atoms with Gasteiger partial charge in [0.1, 0.15) is 0 Å². The number of hydrogen-bond acceptors (Lipinski definition) is 5. The number of piperazine rings is 1. The van der Waals surface area contributed by atoms with Gasteiger partial charge in [0.2, 0.25) is 10.0 Å². The van der Waals surface area contributed by atoms with E-state index in [1.165, 1.54) is 12.1 Å². The van der Waals surface area contributed by atoms with Crippen LogP contribution in [0.15, 0.2) is 29.2 Å². The third kappa shape index (κ3) is 7.16. The van der Waals surface area contributed by atoms with E-state index in [-0.39, 0.29) is 16.7 Å². The molecule has 1 heterocycles. The predicted molar refractivity (Wildman–Crippen MR) is 112 cm³/mol. The number of nitrogens with one attached hydrogen (secondary N) is 2. The van der Waals surface area contributed by atoms with Gasteiger partial charge in [-0.15, -0.1) is 0 Å². The van der Waals surface area contributed by atoms with Crippen molar-refractivity contribution in [2.24, 2.45) is 5.92 Å². The fourth-order valence-corrected chi connectivity index (χ4v) is 4.29. The van der Waals surface area contributed by atoms with E-state index in [1.54, 1.807) is 12.1 Å². The molecular weight excluding hydrogens is 376 g/mol. The number of likely N-dealkylation sites (N-methyl/N-ethyl adjacent to an activating group) is 1. The maximum Gasteiger partial charge on any atom is 0.251 e. The van der Waals surface area contributed by atoms with Crippen LogP contribution < -0.4 is 10.0 Å². The molecular formula is C20H34N4O3S. The molecule has 0 saturated carbocycles. The topological polar surface area (TPSA) is 81.8 Å². The first-order chi connectivity index (χ1) is 13.3. The van der Waals surface area contributed by atoms with E-state index in [0.717, 1.165) is 45.7 Å². The Bertz CT molecular complexity index is 711. The van der Waals surface area contributed by atoms with Crippen molar-refractivity contribution in [1.82, 2.24) is 19.8 Å². The van der Waals surface area contributed by atoms with Crippen molar-refractivity contribution in [2.75, 3.05) is 52.4 Å². The number of rotatable bonds is 10. The van der Waals surface area contributed by atoms with Gasteiger partial charge < -0.3 is 15.1 Å². The van der Waals surface area contributed by atoms with Crippen LogP contribution in [0.5, 0.6) is 0 Å². The van der Waals surface area contributed by atoms with Crippen LogP contribution in [0.4, 0.5) is 0 Å². The minimum absolute atomic E-state index is 0.171. The summed E-state index contributed by atoms with van der Waals surface area (Å²) in [5.41, 5.74) is 0.472. The van der Waals surface area contributed by atoms with Gasteiger partial charge in [0.15, 0.2) is 0 Å². The number of hydrogen-bond donors (Lipinski definition) is 2. The van der Waals surface area contributed by atoms with Crippen molar-refractivity contribution in [1.29, 1.82) is 0 Å². The van der Waals surface area contributed by atoms with E-state index in [2.05, 4.69) is 26.8 Å². The second kappa shape index (κ2) is 10.9. The first-order valence-electron chi connectivity index (χ1n) is 10.1. The molecule has 2 rings (SSSR count). The molecule has 1 aromatic carbocycles. The lowest BCUT2D eigenvalue weighted by Gasteiger charge is -2.33. The Balaban J connectivity index is 1.74. The largest absolute Gasteiger partial charge is 0.352 e. The molecule has 0 aromatic heterocycles. The average Bonchev–Trinajstić information content (AvgIpc) is 2.70. The lowest BCUT2D eigenvalue weighted by molar-refractivity contribution is 0.0948. The third-order valence-corrected chi connectivity index (χ3v) is 6.40. The van der Waals surface area contributed by atoms with Gasteiger partial charge in [0.05, 0.1) is 4.90 Å². The zero-order chi connectivity index (χ0) is 20.6. The van der Waals surface area contributed by atoms with Gasteiger partial charge in [0.25, 0.3) is 5.91 Å². The van der Waals surface area contributed by atoms with Crippen LogP contribution in [0.2, 0.25) is 0 Å². The minimum Gasteiger partial charge on any atom is -0.352 e. The Morgan fingerprint density at radius 2 is 1.68 bits per heavy atom. The Morgan fingerprint density at radius 3 is 2.25 bits per heavy atom. The molecule has 8 heteroatoms. The Morgan fingerprint density at radius 1 is 1.07 bits per heavy atom. The molecule has 1 amide bonds. The normalized spacial score (nSPS) is 16.4. The summed E-state index contributed by atoms with van der Waals surface area (Å²) >= 11 is 0. The molecule has 7 nitrogen and oxygen atoms in total. The first kappa shape index (κ1) is 22.8. The summed E-state index contributed by atoms with van der Waals surface area (Å²) in [6, 6.07) is 6.07. The zero-order valence-corrected chi connectivity index (χ0v) is 18.1. The van der Waals surface area contributed by atoms with Gasteiger partial charge >= 0.3 is 0 Å². The molecule has 0 spiro atoms. The van der Waals surface area contributed by atoms with E-state index in [9.17, 15) is 13.2 Å². The molecule has 0 bridgehead atoms. The number of benzene rings is 1. The fourth-order valence-electron chi connectivity index (χ4n) is 3.08.